The van der Waals surface area contributed by atoms with Crippen molar-refractivity contribution in [3.63, 3.8) is 0 Å². The number of aromatic amines is 1. The van der Waals surface area contributed by atoms with E-state index in [4.69, 9.17) is 4.74 Å². The van der Waals surface area contributed by atoms with E-state index in [-0.39, 0.29) is 11.3 Å². The van der Waals surface area contributed by atoms with E-state index in [9.17, 15) is 19.5 Å². The summed E-state index contributed by atoms with van der Waals surface area (Å²) in [5.41, 5.74) is 3.50. The summed E-state index contributed by atoms with van der Waals surface area (Å²) in [4.78, 5) is 45.5. The normalized spacial score (nSPS) is 19.1. The van der Waals surface area contributed by atoms with E-state index in [2.05, 4.69) is 4.98 Å². The average Bonchev–Trinajstić information content (AvgIpc) is 3.37. The first kappa shape index (κ1) is 21.0. The van der Waals surface area contributed by atoms with Crippen LogP contribution in [0, 0.1) is 0 Å². The molecule has 0 radical (unpaired) electrons. The maximum absolute atomic E-state index is 13.9. The number of methoxy groups -OCH3 is 1. The van der Waals surface area contributed by atoms with Crippen molar-refractivity contribution in [1.29, 1.82) is 0 Å². The molecule has 1 saturated heterocycles. The lowest BCUT2D eigenvalue weighted by atomic mass is 9.89. The number of nitrogens with zero attached hydrogens (tertiary/aromatic N) is 2. The molecule has 3 aromatic carbocycles. The van der Waals surface area contributed by atoms with Crippen LogP contribution in [0.25, 0.3) is 10.9 Å². The van der Waals surface area contributed by atoms with E-state index >= 15 is 0 Å². The number of aromatic nitrogens is 1. The van der Waals surface area contributed by atoms with Crippen molar-refractivity contribution in [1.82, 2.24) is 9.88 Å². The Morgan fingerprint density at radius 2 is 1.80 bits per heavy atom. The first-order valence-corrected chi connectivity index (χ1v) is 11.2. The standard InChI is InChI=1S/C27H21N3O5/c1-35-16-8-6-7-15(13-16)24-23-19(17-9-2-4-11-20(17)28-23)14-22-25(31)30(27(34)29(22)24)21-12-5-3-10-18(21)26(32)33/h2-13,22,24,28H,14H2,1H3,(H,32,33). The number of urea groups is 1. The van der Waals surface area contributed by atoms with E-state index in [1.807, 2.05) is 48.5 Å². The minimum Gasteiger partial charge on any atom is -0.497 e. The number of amides is 3. The SMILES string of the molecule is COc1cccc(C2c3[nH]c4ccccc4c3CC3C(=O)N(c4ccccc4C(=O)O)C(=O)N32)c1. The van der Waals surface area contributed by atoms with E-state index in [0.29, 0.717) is 12.2 Å². The molecule has 3 amide bonds. The zero-order valence-corrected chi connectivity index (χ0v) is 18.8. The average molecular weight is 467 g/mol. The summed E-state index contributed by atoms with van der Waals surface area (Å²) >= 11 is 0. The van der Waals surface area contributed by atoms with Gasteiger partial charge in [-0.05, 0) is 41.5 Å². The largest absolute Gasteiger partial charge is 0.497 e. The summed E-state index contributed by atoms with van der Waals surface area (Å²) in [5, 5.41) is 10.7. The Bertz CT molecular complexity index is 1520. The Kier molecular flexibility index (Phi) is 4.63. The number of para-hydroxylation sites is 2. The third-order valence-electron chi connectivity index (χ3n) is 6.83. The number of hydrogen-bond acceptors (Lipinski definition) is 4. The molecule has 2 aliphatic rings. The van der Waals surface area contributed by atoms with Gasteiger partial charge in [-0.15, -0.1) is 0 Å². The van der Waals surface area contributed by atoms with Crippen molar-refractivity contribution < 1.29 is 24.2 Å². The number of anilines is 1. The summed E-state index contributed by atoms with van der Waals surface area (Å²) < 4.78 is 5.43. The Morgan fingerprint density at radius 1 is 1.03 bits per heavy atom. The second kappa shape index (κ2) is 7.73. The van der Waals surface area contributed by atoms with Gasteiger partial charge in [0.05, 0.1) is 18.4 Å². The van der Waals surface area contributed by atoms with E-state index in [1.54, 1.807) is 24.1 Å². The molecule has 35 heavy (non-hydrogen) atoms. The summed E-state index contributed by atoms with van der Waals surface area (Å²) in [5.74, 6) is -1.01. The molecule has 8 heteroatoms. The number of carboxylic acid groups (broad SMARTS) is 1. The summed E-state index contributed by atoms with van der Waals surface area (Å²) in [6.45, 7) is 0. The Hall–Kier alpha value is -4.59. The number of nitrogens with one attached hydrogen (secondary N) is 1. The highest BCUT2D eigenvalue weighted by atomic mass is 16.5. The fraction of sp³-hybridized carbons (Fsp3) is 0.148. The first-order valence-electron chi connectivity index (χ1n) is 11.2. The summed E-state index contributed by atoms with van der Waals surface area (Å²) in [6.07, 6.45) is 0.329. The van der Waals surface area contributed by atoms with Gasteiger partial charge in [0.15, 0.2) is 0 Å². The number of carbonyl (C=O) groups is 3. The molecule has 0 bridgehead atoms. The van der Waals surface area contributed by atoms with Crippen molar-refractivity contribution in [2.75, 3.05) is 12.0 Å². The van der Waals surface area contributed by atoms with Crippen LogP contribution in [0.1, 0.15) is 33.2 Å². The molecule has 0 saturated carbocycles. The van der Waals surface area contributed by atoms with Gasteiger partial charge < -0.3 is 14.8 Å². The lowest BCUT2D eigenvalue weighted by molar-refractivity contribution is -0.120. The van der Waals surface area contributed by atoms with E-state index in [0.717, 1.165) is 32.6 Å². The number of benzene rings is 3. The third-order valence-corrected chi connectivity index (χ3v) is 6.83. The molecule has 8 nitrogen and oxygen atoms in total. The number of H-pyrrole nitrogens is 1. The zero-order chi connectivity index (χ0) is 24.3. The smallest absolute Gasteiger partial charge is 0.337 e. The highest BCUT2D eigenvalue weighted by molar-refractivity contribution is 6.23. The number of aromatic carboxylic acids is 1. The van der Waals surface area contributed by atoms with Gasteiger partial charge >= 0.3 is 12.0 Å². The molecule has 2 N–H and O–H groups in total. The van der Waals surface area contributed by atoms with Gasteiger partial charge in [0, 0.05) is 23.0 Å². The van der Waals surface area contributed by atoms with Crippen molar-refractivity contribution in [2.24, 2.45) is 0 Å². The van der Waals surface area contributed by atoms with E-state index < -0.39 is 30.0 Å². The second-order valence-electron chi connectivity index (χ2n) is 8.65. The number of rotatable bonds is 4. The molecule has 6 rings (SSSR count). The number of hydrogen-bond donors (Lipinski definition) is 2. The first-order chi connectivity index (χ1) is 17.0. The van der Waals surface area contributed by atoms with Crippen molar-refractivity contribution in [3.8, 4) is 5.75 Å². The van der Waals surface area contributed by atoms with Crippen LogP contribution in [0.15, 0.2) is 72.8 Å². The van der Waals surface area contributed by atoms with Crippen LogP contribution in [-0.4, -0.2) is 46.0 Å². The highest BCUT2D eigenvalue weighted by Crippen LogP contribution is 2.45. The molecule has 2 atom stereocenters. The molecule has 174 valence electrons. The van der Waals surface area contributed by atoms with Gasteiger partial charge in [-0.1, -0.05) is 42.5 Å². The van der Waals surface area contributed by atoms with Gasteiger partial charge in [0.1, 0.15) is 17.8 Å². The number of carbonyl (C=O) groups excluding carboxylic acids is 2. The maximum atomic E-state index is 13.9. The minimum atomic E-state index is -1.20. The van der Waals surface area contributed by atoms with Crippen LogP contribution in [0.3, 0.4) is 0 Å². The number of imide groups is 1. The predicted molar refractivity (Wildman–Crippen MR) is 129 cm³/mol. The molecular formula is C27H21N3O5. The lowest BCUT2D eigenvalue weighted by Gasteiger charge is -2.36. The summed E-state index contributed by atoms with van der Waals surface area (Å²) in [6, 6.07) is 19.5. The monoisotopic (exact) mass is 467 g/mol. The Morgan fingerprint density at radius 3 is 2.60 bits per heavy atom. The van der Waals surface area contributed by atoms with Gasteiger partial charge in [0.25, 0.3) is 5.91 Å². The fourth-order valence-electron chi connectivity index (χ4n) is 5.30. The van der Waals surface area contributed by atoms with Gasteiger partial charge in [-0.2, -0.15) is 0 Å². The Balaban J connectivity index is 1.56. The lowest BCUT2D eigenvalue weighted by Crippen LogP contribution is -2.44. The minimum absolute atomic E-state index is 0.0716. The van der Waals surface area contributed by atoms with Gasteiger partial charge in [-0.25, -0.2) is 14.5 Å². The third kappa shape index (κ3) is 3.03. The predicted octanol–water partition coefficient (Wildman–Crippen LogP) is 4.36. The molecule has 2 aliphatic heterocycles. The van der Waals surface area contributed by atoms with E-state index in [1.165, 1.54) is 12.1 Å². The van der Waals surface area contributed by atoms with Crippen molar-refractivity contribution in [2.45, 2.75) is 18.5 Å². The highest BCUT2D eigenvalue weighted by Gasteiger charge is 2.53. The number of carboxylic acids is 1. The molecular weight excluding hydrogens is 446 g/mol. The van der Waals surface area contributed by atoms with Crippen LogP contribution in [0.4, 0.5) is 10.5 Å². The van der Waals surface area contributed by atoms with Crippen LogP contribution < -0.4 is 9.64 Å². The molecule has 1 aromatic heterocycles. The molecule has 4 aromatic rings. The topological polar surface area (TPSA) is 103 Å². The summed E-state index contributed by atoms with van der Waals surface area (Å²) in [7, 11) is 1.58. The Labute approximate surface area is 200 Å². The molecule has 1 fully saturated rings. The van der Waals surface area contributed by atoms with Crippen LogP contribution in [-0.2, 0) is 11.2 Å². The number of fused-ring (bicyclic) bond motifs is 4. The van der Waals surface area contributed by atoms with Gasteiger partial charge in [0.2, 0.25) is 0 Å². The van der Waals surface area contributed by atoms with Gasteiger partial charge in [-0.3, -0.25) is 9.69 Å². The molecule has 3 heterocycles. The quantitative estimate of drug-likeness (QED) is 0.434. The van der Waals surface area contributed by atoms with Crippen LogP contribution in [0.2, 0.25) is 0 Å². The fourth-order valence-corrected chi connectivity index (χ4v) is 5.30. The second-order valence-corrected chi connectivity index (χ2v) is 8.65. The van der Waals surface area contributed by atoms with Crippen LogP contribution in [0.5, 0.6) is 5.75 Å². The molecule has 2 unspecified atom stereocenters. The van der Waals surface area contributed by atoms with Crippen molar-refractivity contribution >= 4 is 34.5 Å². The zero-order valence-electron chi connectivity index (χ0n) is 18.8. The van der Waals surface area contributed by atoms with Crippen LogP contribution >= 0.6 is 0 Å². The maximum Gasteiger partial charge on any atom is 0.337 e. The number of ether oxygens (including phenoxy) is 1. The van der Waals surface area contributed by atoms with Crippen molar-refractivity contribution in [3.05, 3.63) is 95.2 Å². The molecule has 0 aliphatic carbocycles. The molecule has 0 spiro atoms.